The van der Waals surface area contributed by atoms with E-state index >= 15 is 0 Å². The van der Waals surface area contributed by atoms with Crippen LogP contribution in [0.25, 0.3) is 0 Å². The highest BCUT2D eigenvalue weighted by atomic mass is 32.1. The summed E-state index contributed by atoms with van der Waals surface area (Å²) in [4.78, 5) is 25.8. The quantitative estimate of drug-likeness (QED) is 0.920. The fourth-order valence-corrected chi connectivity index (χ4v) is 2.63. The first-order valence-electron chi connectivity index (χ1n) is 6.16. The molecule has 0 aliphatic heterocycles. The zero-order valence-electron chi connectivity index (χ0n) is 11.3. The number of hydrogen-bond donors (Lipinski definition) is 1. The van der Waals surface area contributed by atoms with Gasteiger partial charge in [-0.05, 0) is 11.4 Å². The van der Waals surface area contributed by atoms with Crippen molar-refractivity contribution < 1.29 is 19.1 Å². The molecule has 2 rings (SSSR count). The summed E-state index contributed by atoms with van der Waals surface area (Å²) < 4.78 is 5.36. The van der Waals surface area contributed by atoms with Crippen LogP contribution >= 0.6 is 11.3 Å². The molecule has 0 aromatic carbocycles. The summed E-state index contributed by atoms with van der Waals surface area (Å²) in [7, 11) is 1.66. The average molecular weight is 293 g/mol. The number of carboxylic acids is 1. The Balaban J connectivity index is 2.18. The fourth-order valence-electron chi connectivity index (χ4n) is 1.87. The van der Waals surface area contributed by atoms with Crippen molar-refractivity contribution in [3.8, 4) is 0 Å². The summed E-state index contributed by atoms with van der Waals surface area (Å²) in [5.74, 6) is -1.00. The van der Waals surface area contributed by atoms with E-state index < -0.39 is 5.97 Å². The van der Waals surface area contributed by atoms with Crippen molar-refractivity contribution in [1.82, 2.24) is 4.90 Å². The van der Waals surface area contributed by atoms with Crippen molar-refractivity contribution in [3.05, 3.63) is 45.5 Å². The molecular weight excluding hydrogens is 278 g/mol. The molecule has 2 aromatic heterocycles. The molecule has 2 aromatic rings. The summed E-state index contributed by atoms with van der Waals surface area (Å²) >= 11 is 1.56. The molecule has 0 spiro atoms. The third kappa shape index (κ3) is 2.91. The van der Waals surface area contributed by atoms with Crippen LogP contribution in [-0.4, -0.2) is 28.9 Å². The molecule has 0 atom stereocenters. The highest BCUT2D eigenvalue weighted by Gasteiger charge is 2.22. The first-order valence-corrected chi connectivity index (χ1v) is 7.04. The zero-order valence-corrected chi connectivity index (χ0v) is 12.1. The summed E-state index contributed by atoms with van der Waals surface area (Å²) in [6.45, 7) is 2.26. The molecule has 1 N–H and O–H groups in total. The highest BCUT2D eigenvalue weighted by Crippen LogP contribution is 2.19. The van der Waals surface area contributed by atoms with Crippen LogP contribution < -0.4 is 0 Å². The number of amides is 1. The molecule has 5 nitrogen and oxygen atoms in total. The van der Waals surface area contributed by atoms with Gasteiger partial charge in [-0.1, -0.05) is 13.0 Å². The van der Waals surface area contributed by atoms with E-state index in [0.29, 0.717) is 18.7 Å². The maximum absolute atomic E-state index is 12.2. The predicted molar refractivity (Wildman–Crippen MR) is 75.2 cm³/mol. The Morgan fingerprint density at radius 3 is 2.70 bits per heavy atom. The second-order valence-electron chi connectivity index (χ2n) is 4.35. The Kier molecular flexibility index (Phi) is 4.24. The largest absolute Gasteiger partial charge is 0.478 e. The van der Waals surface area contributed by atoms with Gasteiger partial charge in [-0.15, -0.1) is 11.3 Å². The molecule has 2 heterocycles. The van der Waals surface area contributed by atoms with Gasteiger partial charge in [0.05, 0.1) is 6.54 Å². The van der Waals surface area contributed by atoms with E-state index in [1.54, 1.807) is 25.3 Å². The number of hydrogen-bond acceptors (Lipinski definition) is 4. The Bertz CT molecular complexity index is 615. The van der Waals surface area contributed by atoms with Gasteiger partial charge in [0.25, 0.3) is 5.91 Å². The summed E-state index contributed by atoms with van der Waals surface area (Å²) in [6, 6.07) is 5.16. The number of carboxylic acid groups (broad SMARTS) is 1. The Hall–Kier alpha value is -2.08. The van der Waals surface area contributed by atoms with Gasteiger partial charge in [0.15, 0.2) is 5.76 Å². The highest BCUT2D eigenvalue weighted by molar-refractivity contribution is 7.09. The molecule has 0 aliphatic rings. The van der Waals surface area contributed by atoms with Gasteiger partial charge >= 0.3 is 5.97 Å². The maximum Gasteiger partial charge on any atom is 0.339 e. The number of aryl methyl sites for hydroxylation is 1. The first-order chi connectivity index (χ1) is 9.52. The van der Waals surface area contributed by atoms with Crippen LogP contribution in [0.5, 0.6) is 0 Å². The lowest BCUT2D eigenvalue weighted by atomic mass is 10.2. The number of nitrogens with zero attached hydrogens (tertiary/aromatic N) is 1. The van der Waals surface area contributed by atoms with Crippen molar-refractivity contribution >= 4 is 23.2 Å². The minimum Gasteiger partial charge on any atom is -0.478 e. The molecule has 0 bridgehead atoms. The lowest BCUT2D eigenvalue weighted by Gasteiger charge is -2.14. The van der Waals surface area contributed by atoms with Crippen LogP contribution in [0.15, 0.2) is 28.0 Å². The average Bonchev–Trinajstić information content (AvgIpc) is 3.05. The SMILES string of the molecule is CCc1oc(C(=O)N(C)Cc2cccs2)cc1C(=O)O. The summed E-state index contributed by atoms with van der Waals surface area (Å²) in [5.41, 5.74) is 0.0559. The third-order valence-electron chi connectivity index (χ3n) is 2.89. The van der Waals surface area contributed by atoms with Gasteiger partial charge in [0.2, 0.25) is 0 Å². The molecule has 0 fully saturated rings. The van der Waals surface area contributed by atoms with E-state index in [1.165, 1.54) is 11.0 Å². The second-order valence-corrected chi connectivity index (χ2v) is 5.38. The van der Waals surface area contributed by atoms with E-state index in [-0.39, 0.29) is 17.2 Å². The Labute approximate surface area is 120 Å². The van der Waals surface area contributed by atoms with Crippen LogP contribution in [0.2, 0.25) is 0 Å². The molecule has 6 heteroatoms. The minimum absolute atomic E-state index is 0.0559. The molecule has 0 saturated carbocycles. The molecule has 106 valence electrons. The lowest BCUT2D eigenvalue weighted by Crippen LogP contribution is -2.25. The minimum atomic E-state index is -1.08. The van der Waals surface area contributed by atoms with Gasteiger partial charge in [-0.25, -0.2) is 4.79 Å². The molecule has 0 aliphatic carbocycles. The van der Waals surface area contributed by atoms with Crippen LogP contribution in [0.3, 0.4) is 0 Å². The molecule has 0 radical (unpaired) electrons. The molecular formula is C14H15NO4S. The van der Waals surface area contributed by atoms with Gasteiger partial charge in [0, 0.05) is 24.4 Å². The van der Waals surface area contributed by atoms with E-state index in [1.807, 2.05) is 17.5 Å². The second kappa shape index (κ2) is 5.92. The van der Waals surface area contributed by atoms with Gasteiger partial charge < -0.3 is 14.4 Å². The number of carbonyl (C=O) groups is 2. The Morgan fingerprint density at radius 1 is 1.45 bits per heavy atom. The smallest absolute Gasteiger partial charge is 0.339 e. The van der Waals surface area contributed by atoms with Crippen molar-refractivity contribution in [2.24, 2.45) is 0 Å². The number of rotatable bonds is 5. The molecule has 1 amide bonds. The maximum atomic E-state index is 12.2. The third-order valence-corrected chi connectivity index (χ3v) is 3.75. The van der Waals surface area contributed by atoms with Crippen molar-refractivity contribution in [2.45, 2.75) is 19.9 Å². The van der Waals surface area contributed by atoms with Crippen molar-refractivity contribution in [1.29, 1.82) is 0 Å². The summed E-state index contributed by atoms with van der Waals surface area (Å²) in [5, 5.41) is 11.0. The van der Waals surface area contributed by atoms with Gasteiger partial charge in [-0.2, -0.15) is 0 Å². The zero-order chi connectivity index (χ0) is 14.7. The van der Waals surface area contributed by atoms with E-state index in [0.717, 1.165) is 4.88 Å². The lowest BCUT2D eigenvalue weighted by molar-refractivity contribution is 0.0693. The van der Waals surface area contributed by atoms with Crippen molar-refractivity contribution in [2.75, 3.05) is 7.05 Å². The fraction of sp³-hybridized carbons (Fsp3) is 0.286. The standard InChI is InChI=1S/C14H15NO4S/c1-3-11-10(14(17)18)7-12(19-11)13(16)15(2)8-9-5-4-6-20-9/h4-7H,3,8H2,1-2H3,(H,17,18). The molecule has 20 heavy (non-hydrogen) atoms. The number of aromatic carboxylic acids is 1. The van der Waals surface area contributed by atoms with Crippen LogP contribution in [-0.2, 0) is 13.0 Å². The van der Waals surface area contributed by atoms with Crippen molar-refractivity contribution in [3.63, 3.8) is 0 Å². The van der Waals surface area contributed by atoms with E-state index in [9.17, 15) is 9.59 Å². The summed E-state index contributed by atoms with van der Waals surface area (Å²) in [6.07, 6.45) is 0.434. The Morgan fingerprint density at radius 2 is 2.20 bits per heavy atom. The van der Waals surface area contributed by atoms with Crippen LogP contribution in [0, 0.1) is 0 Å². The van der Waals surface area contributed by atoms with Crippen LogP contribution in [0.4, 0.5) is 0 Å². The van der Waals surface area contributed by atoms with Crippen LogP contribution in [0.1, 0.15) is 38.5 Å². The van der Waals surface area contributed by atoms with Gasteiger partial charge in [0.1, 0.15) is 11.3 Å². The normalized spacial score (nSPS) is 10.5. The molecule has 0 saturated heterocycles. The topological polar surface area (TPSA) is 70.8 Å². The number of thiophene rings is 1. The predicted octanol–water partition coefficient (Wildman–Crippen LogP) is 2.87. The monoisotopic (exact) mass is 293 g/mol. The van der Waals surface area contributed by atoms with Gasteiger partial charge in [-0.3, -0.25) is 4.79 Å². The number of carbonyl (C=O) groups excluding carboxylic acids is 1. The van der Waals surface area contributed by atoms with E-state index in [2.05, 4.69) is 0 Å². The first kappa shape index (κ1) is 14.3. The number of furan rings is 1. The van der Waals surface area contributed by atoms with E-state index in [4.69, 9.17) is 9.52 Å². The molecule has 0 unspecified atom stereocenters.